The number of carbonyl (C=O) groups excluding carboxylic acids is 1. The number of ether oxygens (including phenoxy) is 1. The summed E-state index contributed by atoms with van der Waals surface area (Å²) >= 11 is 0. The molecule has 0 saturated carbocycles. The molecule has 2 N–H and O–H groups in total. The first-order chi connectivity index (χ1) is 9.69. The van der Waals surface area contributed by atoms with Gasteiger partial charge in [-0.3, -0.25) is 4.68 Å². The van der Waals surface area contributed by atoms with E-state index in [2.05, 4.69) is 25.7 Å². The summed E-state index contributed by atoms with van der Waals surface area (Å²) in [7, 11) is 1.50. The molecule has 0 radical (unpaired) electrons. The molecular formula is C12H16N6O2. The Morgan fingerprint density at radius 3 is 3.10 bits per heavy atom. The molecule has 0 aromatic carbocycles. The SMILES string of the molecule is COc1ncccc1NC(=O)N[C@@H](C)Cn1cncn1. The van der Waals surface area contributed by atoms with Gasteiger partial charge < -0.3 is 15.4 Å². The number of anilines is 1. The van der Waals surface area contributed by atoms with Gasteiger partial charge in [0.05, 0.1) is 13.7 Å². The lowest BCUT2D eigenvalue weighted by Crippen LogP contribution is -2.38. The van der Waals surface area contributed by atoms with Crippen LogP contribution in [0.5, 0.6) is 5.88 Å². The lowest BCUT2D eigenvalue weighted by atomic mass is 10.3. The Balaban J connectivity index is 1.88. The molecule has 106 valence electrons. The predicted octanol–water partition coefficient (Wildman–Crippen LogP) is 0.892. The maximum Gasteiger partial charge on any atom is 0.319 e. The van der Waals surface area contributed by atoms with Crippen molar-refractivity contribution in [1.82, 2.24) is 25.1 Å². The van der Waals surface area contributed by atoms with Crippen LogP contribution in [0, 0.1) is 0 Å². The van der Waals surface area contributed by atoms with Crippen LogP contribution in [-0.4, -0.2) is 38.9 Å². The Labute approximate surface area is 116 Å². The van der Waals surface area contributed by atoms with E-state index in [1.807, 2.05) is 6.92 Å². The van der Waals surface area contributed by atoms with Gasteiger partial charge in [0.15, 0.2) is 0 Å². The molecule has 20 heavy (non-hydrogen) atoms. The van der Waals surface area contributed by atoms with Gasteiger partial charge in [0.1, 0.15) is 18.3 Å². The molecule has 1 atom stereocenters. The zero-order valence-corrected chi connectivity index (χ0v) is 11.3. The first kappa shape index (κ1) is 13.8. The Morgan fingerprint density at radius 1 is 1.55 bits per heavy atom. The molecule has 2 heterocycles. The van der Waals surface area contributed by atoms with Crippen LogP contribution in [0.15, 0.2) is 31.0 Å². The van der Waals surface area contributed by atoms with E-state index in [1.165, 1.54) is 13.4 Å². The molecule has 8 nitrogen and oxygen atoms in total. The van der Waals surface area contributed by atoms with E-state index in [0.717, 1.165) is 0 Å². The molecule has 0 aliphatic carbocycles. The van der Waals surface area contributed by atoms with Gasteiger partial charge in [-0.05, 0) is 19.1 Å². The van der Waals surface area contributed by atoms with Crippen LogP contribution >= 0.6 is 0 Å². The fourth-order valence-electron chi connectivity index (χ4n) is 1.68. The monoisotopic (exact) mass is 276 g/mol. The summed E-state index contributed by atoms with van der Waals surface area (Å²) in [5, 5.41) is 9.46. The number of amides is 2. The minimum Gasteiger partial charge on any atom is -0.480 e. The van der Waals surface area contributed by atoms with Crippen LogP contribution in [0.1, 0.15) is 6.92 Å². The van der Waals surface area contributed by atoms with Crippen LogP contribution in [0.2, 0.25) is 0 Å². The lowest BCUT2D eigenvalue weighted by Gasteiger charge is -2.15. The predicted molar refractivity (Wildman–Crippen MR) is 72.4 cm³/mol. The third kappa shape index (κ3) is 3.67. The van der Waals surface area contributed by atoms with E-state index >= 15 is 0 Å². The summed E-state index contributed by atoms with van der Waals surface area (Å²) < 4.78 is 6.71. The second-order valence-electron chi connectivity index (χ2n) is 4.18. The number of urea groups is 1. The number of methoxy groups -OCH3 is 1. The summed E-state index contributed by atoms with van der Waals surface area (Å²) in [5.74, 6) is 0.367. The number of hydrogen-bond acceptors (Lipinski definition) is 5. The van der Waals surface area contributed by atoms with E-state index in [9.17, 15) is 4.79 Å². The summed E-state index contributed by atoms with van der Waals surface area (Å²) in [6, 6.07) is 3.01. The maximum atomic E-state index is 11.9. The highest BCUT2D eigenvalue weighted by Crippen LogP contribution is 2.19. The molecule has 2 amide bonds. The summed E-state index contributed by atoms with van der Waals surface area (Å²) in [6.45, 7) is 2.42. The molecular weight excluding hydrogens is 260 g/mol. The number of pyridine rings is 1. The smallest absolute Gasteiger partial charge is 0.319 e. The van der Waals surface area contributed by atoms with E-state index in [0.29, 0.717) is 18.1 Å². The molecule has 2 rings (SSSR count). The van der Waals surface area contributed by atoms with Gasteiger partial charge in [-0.25, -0.2) is 14.8 Å². The minimum absolute atomic E-state index is 0.0978. The molecule has 8 heteroatoms. The molecule has 0 fully saturated rings. The largest absolute Gasteiger partial charge is 0.480 e. The van der Waals surface area contributed by atoms with E-state index in [4.69, 9.17) is 4.74 Å². The highest BCUT2D eigenvalue weighted by Gasteiger charge is 2.11. The van der Waals surface area contributed by atoms with Gasteiger partial charge in [-0.1, -0.05) is 0 Å². The van der Waals surface area contributed by atoms with Crippen LogP contribution in [0.4, 0.5) is 10.5 Å². The topological polar surface area (TPSA) is 94.0 Å². The van der Waals surface area contributed by atoms with Crippen molar-refractivity contribution in [1.29, 1.82) is 0 Å². The van der Waals surface area contributed by atoms with Gasteiger partial charge in [-0.15, -0.1) is 0 Å². The molecule has 0 unspecified atom stereocenters. The Hall–Kier alpha value is -2.64. The molecule has 0 saturated heterocycles. The quantitative estimate of drug-likeness (QED) is 0.846. The number of hydrogen-bond donors (Lipinski definition) is 2. The van der Waals surface area contributed by atoms with E-state index in [1.54, 1.807) is 29.3 Å². The van der Waals surface area contributed by atoms with Crippen molar-refractivity contribution < 1.29 is 9.53 Å². The van der Waals surface area contributed by atoms with Crippen molar-refractivity contribution in [2.24, 2.45) is 0 Å². The first-order valence-electron chi connectivity index (χ1n) is 6.08. The maximum absolute atomic E-state index is 11.9. The zero-order valence-electron chi connectivity index (χ0n) is 11.3. The fraction of sp³-hybridized carbons (Fsp3) is 0.333. The minimum atomic E-state index is -0.330. The van der Waals surface area contributed by atoms with Crippen molar-refractivity contribution >= 4 is 11.7 Å². The second kappa shape index (κ2) is 6.50. The number of carbonyl (C=O) groups is 1. The van der Waals surface area contributed by atoms with E-state index < -0.39 is 0 Å². The van der Waals surface area contributed by atoms with E-state index in [-0.39, 0.29) is 12.1 Å². The molecule has 0 aliphatic heterocycles. The van der Waals surface area contributed by atoms with Gasteiger partial charge in [0, 0.05) is 12.2 Å². The van der Waals surface area contributed by atoms with Crippen LogP contribution in [0.3, 0.4) is 0 Å². The van der Waals surface area contributed by atoms with Crippen molar-refractivity contribution in [3.8, 4) is 5.88 Å². The highest BCUT2D eigenvalue weighted by atomic mass is 16.5. The Morgan fingerprint density at radius 2 is 2.40 bits per heavy atom. The van der Waals surface area contributed by atoms with Crippen molar-refractivity contribution in [3.05, 3.63) is 31.0 Å². The molecule has 2 aromatic heterocycles. The molecule has 0 bridgehead atoms. The lowest BCUT2D eigenvalue weighted by molar-refractivity contribution is 0.247. The summed E-state index contributed by atoms with van der Waals surface area (Å²) in [5.41, 5.74) is 0.514. The molecule has 0 spiro atoms. The van der Waals surface area contributed by atoms with Crippen LogP contribution in [0.25, 0.3) is 0 Å². The Bertz CT molecular complexity index is 557. The van der Waals surface area contributed by atoms with Crippen molar-refractivity contribution in [3.63, 3.8) is 0 Å². The number of nitrogens with zero attached hydrogens (tertiary/aromatic N) is 4. The first-order valence-corrected chi connectivity index (χ1v) is 6.08. The summed E-state index contributed by atoms with van der Waals surface area (Å²) in [4.78, 5) is 19.7. The van der Waals surface area contributed by atoms with Crippen molar-refractivity contribution in [2.45, 2.75) is 19.5 Å². The van der Waals surface area contributed by atoms with Gasteiger partial charge >= 0.3 is 6.03 Å². The average Bonchev–Trinajstić information content (AvgIpc) is 2.91. The zero-order chi connectivity index (χ0) is 14.4. The number of aromatic nitrogens is 4. The second-order valence-corrected chi connectivity index (χ2v) is 4.18. The number of nitrogens with one attached hydrogen (secondary N) is 2. The third-order valence-corrected chi connectivity index (χ3v) is 2.52. The summed E-state index contributed by atoms with van der Waals surface area (Å²) in [6.07, 6.45) is 4.64. The average molecular weight is 276 g/mol. The fourth-order valence-corrected chi connectivity index (χ4v) is 1.68. The van der Waals surface area contributed by atoms with Crippen molar-refractivity contribution in [2.75, 3.05) is 12.4 Å². The standard InChI is InChI=1S/C12H16N6O2/c1-9(6-18-8-13-7-15-18)16-12(19)17-10-4-3-5-14-11(10)20-2/h3-5,7-9H,6H2,1-2H3,(H2,16,17,19)/t9-/m0/s1. The van der Waals surface area contributed by atoms with Gasteiger partial charge in [0.2, 0.25) is 5.88 Å². The van der Waals surface area contributed by atoms with Gasteiger partial charge in [0.25, 0.3) is 0 Å². The number of rotatable bonds is 5. The Kier molecular flexibility index (Phi) is 4.48. The van der Waals surface area contributed by atoms with Crippen LogP contribution in [-0.2, 0) is 6.54 Å². The highest BCUT2D eigenvalue weighted by molar-refractivity contribution is 5.90. The van der Waals surface area contributed by atoms with Crippen LogP contribution < -0.4 is 15.4 Å². The molecule has 2 aromatic rings. The third-order valence-electron chi connectivity index (χ3n) is 2.52. The van der Waals surface area contributed by atoms with Gasteiger partial charge in [-0.2, -0.15) is 5.10 Å². The molecule has 0 aliphatic rings. The normalized spacial score (nSPS) is 11.7.